The number of nitrogens with two attached hydrogens (primary N) is 1. The van der Waals surface area contributed by atoms with E-state index in [9.17, 15) is 27.6 Å². The zero-order chi connectivity index (χ0) is 47.0. The number of carbonyl (C=O) groups is 2. The standard InChI is InChI=1S/C25H33N3O4.C20H25N3O2.C2HF3O/c1-15(2)10-17(27-24(30)32-25(4,5)6)14-31-18-8-9-19-20-11-16(3)26-13-21(20)23(29)28(7)22(19)12-18;1-12(2)7-14(21)11-25-15-5-6-16-17-8-13(3)22-10-18(17)20(24)23(4)19(16)9-15;3-2(4,5)1-6/h8-9,11-13,15,17H,10,14H2,1-7H3,(H,27,30);5-6,8-10,12,14H,7,11,21H2,1-4H3;1H/t17-;14-;/m00./s1. The molecule has 0 spiro atoms. The van der Waals surface area contributed by atoms with Gasteiger partial charge in [-0.05, 0) is 106 Å². The number of aromatic nitrogens is 4. The summed E-state index contributed by atoms with van der Waals surface area (Å²) in [6, 6.07) is 15.3. The number of benzene rings is 2. The third-order valence-corrected chi connectivity index (χ3v) is 9.69. The Morgan fingerprint density at radius 1 is 0.730 bits per heavy atom. The first-order valence-electron chi connectivity index (χ1n) is 20.7. The SMILES string of the molecule is Cc1cc2c(cn1)c(=O)n(C)c1cc(OC[C@@H](N)CC(C)C)ccc21.Cc1cc2c(cn1)c(=O)n(C)c1cc(OC[C@H](CC(C)C)NC(=O)OC(C)(C)C)ccc21.O=CC(F)(F)F. The number of aryl methyl sites for hydroxylation is 4. The summed E-state index contributed by atoms with van der Waals surface area (Å²) < 4.78 is 51.8. The van der Waals surface area contributed by atoms with Crippen LogP contribution < -0.4 is 31.6 Å². The Kier molecular flexibility index (Phi) is 16.5. The Balaban J connectivity index is 0.000000250. The van der Waals surface area contributed by atoms with E-state index in [0.29, 0.717) is 41.6 Å². The fourth-order valence-electron chi connectivity index (χ4n) is 6.98. The van der Waals surface area contributed by atoms with Crippen LogP contribution in [0.15, 0.2) is 70.5 Å². The summed E-state index contributed by atoms with van der Waals surface area (Å²) in [6.07, 6.45) is -1.20. The van der Waals surface area contributed by atoms with Crippen molar-refractivity contribution in [2.45, 2.75) is 99.0 Å². The smallest absolute Gasteiger partial charge is 0.446 e. The summed E-state index contributed by atoms with van der Waals surface area (Å²) in [5, 5.41) is 7.93. The van der Waals surface area contributed by atoms with E-state index in [2.05, 4.69) is 43.0 Å². The Labute approximate surface area is 364 Å². The minimum Gasteiger partial charge on any atom is -0.492 e. The highest BCUT2D eigenvalue weighted by Crippen LogP contribution is 2.28. The molecule has 0 aliphatic heterocycles. The molecular formula is C47H59F3N6O7. The number of aldehydes is 1. The van der Waals surface area contributed by atoms with Crippen molar-refractivity contribution in [3.05, 3.63) is 93.0 Å². The summed E-state index contributed by atoms with van der Waals surface area (Å²) in [5.74, 6) is 2.28. The first-order chi connectivity index (χ1) is 29.4. The van der Waals surface area contributed by atoms with Gasteiger partial charge in [0.2, 0.25) is 6.29 Å². The molecule has 340 valence electrons. The molecule has 0 saturated heterocycles. The summed E-state index contributed by atoms with van der Waals surface area (Å²) in [4.78, 5) is 54.9. The minimum absolute atomic E-state index is 0.00449. The molecule has 0 bridgehead atoms. The van der Waals surface area contributed by atoms with Gasteiger partial charge >= 0.3 is 12.3 Å². The van der Waals surface area contributed by atoms with Gasteiger partial charge in [-0.3, -0.25) is 24.4 Å². The van der Waals surface area contributed by atoms with Gasteiger partial charge in [0.05, 0.1) is 27.8 Å². The Hall–Kier alpha value is -6.03. The van der Waals surface area contributed by atoms with Crippen molar-refractivity contribution in [3.63, 3.8) is 0 Å². The van der Waals surface area contributed by atoms with E-state index < -0.39 is 24.2 Å². The third-order valence-electron chi connectivity index (χ3n) is 9.69. The monoisotopic (exact) mass is 876 g/mol. The van der Waals surface area contributed by atoms with Crippen LogP contribution in [-0.2, 0) is 23.6 Å². The second-order valence-electron chi connectivity index (χ2n) is 17.5. The minimum atomic E-state index is -4.64. The number of alkyl carbamates (subject to hydrolysis) is 1. The van der Waals surface area contributed by atoms with Crippen LogP contribution in [0, 0.1) is 25.7 Å². The second kappa shape index (κ2) is 20.9. The predicted molar refractivity (Wildman–Crippen MR) is 242 cm³/mol. The highest BCUT2D eigenvalue weighted by atomic mass is 19.4. The van der Waals surface area contributed by atoms with Crippen molar-refractivity contribution >= 4 is 55.7 Å². The molecule has 2 atom stereocenters. The van der Waals surface area contributed by atoms with Gasteiger partial charge in [-0.1, -0.05) is 27.7 Å². The van der Waals surface area contributed by atoms with Crippen LogP contribution in [0.4, 0.5) is 18.0 Å². The molecule has 4 aromatic heterocycles. The third kappa shape index (κ3) is 14.0. The quantitative estimate of drug-likeness (QED) is 0.0950. The molecule has 0 radical (unpaired) electrons. The van der Waals surface area contributed by atoms with Crippen molar-refractivity contribution in [2.24, 2.45) is 31.7 Å². The fourth-order valence-corrected chi connectivity index (χ4v) is 6.98. The average Bonchev–Trinajstić information content (AvgIpc) is 3.19. The van der Waals surface area contributed by atoms with Gasteiger partial charge in [-0.2, -0.15) is 13.2 Å². The number of nitrogens with zero attached hydrogens (tertiary/aromatic N) is 4. The van der Waals surface area contributed by atoms with E-state index in [1.54, 1.807) is 35.6 Å². The first-order valence-corrected chi connectivity index (χ1v) is 20.7. The molecule has 3 N–H and O–H groups in total. The highest BCUT2D eigenvalue weighted by molar-refractivity contribution is 6.06. The largest absolute Gasteiger partial charge is 0.492 e. The van der Waals surface area contributed by atoms with Crippen LogP contribution in [0.25, 0.3) is 43.4 Å². The number of amides is 1. The Morgan fingerprint density at radius 2 is 1.16 bits per heavy atom. The maximum absolute atomic E-state index is 12.8. The van der Waals surface area contributed by atoms with Crippen LogP contribution in [-0.4, -0.2) is 68.6 Å². The summed E-state index contributed by atoms with van der Waals surface area (Å²) in [5.41, 5.74) is 8.76. The number of pyridine rings is 4. The number of ether oxygens (including phenoxy) is 3. The molecule has 0 aliphatic carbocycles. The van der Waals surface area contributed by atoms with E-state index in [0.717, 1.165) is 62.6 Å². The van der Waals surface area contributed by atoms with Crippen LogP contribution in [0.5, 0.6) is 11.5 Å². The van der Waals surface area contributed by atoms with Crippen molar-refractivity contribution in [1.82, 2.24) is 24.4 Å². The molecule has 0 aliphatic rings. The zero-order valence-electron chi connectivity index (χ0n) is 37.8. The van der Waals surface area contributed by atoms with Gasteiger partial charge < -0.3 is 34.4 Å². The maximum atomic E-state index is 12.8. The number of nitrogens with one attached hydrogen (secondary N) is 1. The van der Waals surface area contributed by atoms with Crippen molar-refractivity contribution in [3.8, 4) is 11.5 Å². The summed E-state index contributed by atoms with van der Waals surface area (Å²) in [7, 11) is 3.53. The lowest BCUT2D eigenvalue weighted by molar-refractivity contribution is -0.156. The van der Waals surface area contributed by atoms with Crippen LogP contribution in [0.1, 0.15) is 72.7 Å². The number of carbonyl (C=O) groups excluding carboxylic acids is 2. The molecule has 16 heteroatoms. The lowest BCUT2D eigenvalue weighted by Gasteiger charge is -2.25. The Bertz CT molecular complexity index is 2690. The molecule has 63 heavy (non-hydrogen) atoms. The van der Waals surface area contributed by atoms with Gasteiger partial charge in [0.15, 0.2) is 0 Å². The Morgan fingerprint density at radius 3 is 1.56 bits per heavy atom. The molecule has 2 aromatic carbocycles. The van der Waals surface area contributed by atoms with Gasteiger partial charge in [-0.25, -0.2) is 4.79 Å². The molecular weight excluding hydrogens is 818 g/mol. The predicted octanol–water partition coefficient (Wildman–Crippen LogP) is 8.61. The van der Waals surface area contributed by atoms with Crippen LogP contribution >= 0.6 is 0 Å². The van der Waals surface area contributed by atoms with Crippen LogP contribution in [0.2, 0.25) is 0 Å². The molecule has 0 unspecified atom stereocenters. The lowest BCUT2D eigenvalue weighted by atomic mass is 10.0. The number of alkyl halides is 3. The topological polar surface area (TPSA) is 170 Å². The summed E-state index contributed by atoms with van der Waals surface area (Å²) in [6.45, 7) is 18.6. The van der Waals surface area contributed by atoms with E-state index >= 15 is 0 Å². The van der Waals surface area contributed by atoms with Gasteiger partial charge in [-0.15, -0.1) is 0 Å². The van der Waals surface area contributed by atoms with Gasteiger partial charge in [0.25, 0.3) is 11.1 Å². The van der Waals surface area contributed by atoms with Crippen LogP contribution in [0.3, 0.4) is 0 Å². The number of fused-ring (bicyclic) bond motifs is 6. The fraction of sp³-hybridized carbons (Fsp3) is 0.447. The zero-order valence-corrected chi connectivity index (χ0v) is 37.8. The average molecular weight is 877 g/mol. The van der Waals surface area contributed by atoms with Crippen molar-refractivity contribution in [2.75, 3.05) is 13.2 Å². The summed E-state index contributed by atoms with van der Waals surface area (Å²) >= 11 is 0. The molecule has 4 heterocycles. The van der Waals surface area contributed by atoms with Gasteiger partial charge in [0.1, 0.15) is 30.3 Å². The highest BCUT2D eigenvalue weighted by Gasteiger charge is 2.25. The van der Waals surface area contributed by atoms with Crippen molar-refractivity contribution in [1.29, 1.82) is 0 Å². The molecule has 0 saturated carbocycles. The normalized spacial score (nSPS) is 12.7. The number of hydrogen-bond donors (Lipinski definition) is 2. The number of hydrogen-bond acceptors (Lipinski definition) is 10. The van der Waals surface area contributed by atoms with E-state index in [1.165, 1.54) is 0 Å². The van der Waals surface area contributed by atoms with E-state index in [4.69, 9.17) is 24.7 Å². The second-order valence-corrected chi connectivity index (χ2v) is 17.5. The van der Waals surface area contributed by atoms with Crippen molar-refractivity contribution < 1.29 is 37.0 Å². The lowest BCUT2D eigenvalue weighted by Crippen LogP contribution is -2.42. The molecule has 6 aromatic rings. The first kappa shape index (κ1) is 49.6. The number of rotatable bonds is 11. The molecule has 13 nitrogen and oxygen atoms in total. The maximum Gasteiger partial charge on any atom is 0.446 e. The molecule has 1 amide bonds. The number of halogens is 3. The van der Waals surface area contributed by atoms with E-state index in [1.807, 2.05) is 83.1 Å². The van der Waals surface area contributed by atoms with Gasteiger partial charge in [0, 0.05) is 66.8 Å². The molecule has 0 fully saturated rings. The molecule has 6 rings (SSSR count). The van der Waals surface area contributed by atoms with E-state index in [-0.39, 0.29) is 23.2 Å².